The van der Waals surface area contributed by atoms with Crippen molar-refractivity contribution in [2.24, 2.45) is 4.99 Å². The van der Waals surface area contributed by atoms with Crippen LogP contribution >= 0.6 is 0 Å². The lowest BCUT2D eigenvalue weighted by atomic mass is 10.1. The largest absolute Gasteiger partial charge is 0.382 e. The van der Waals surface area contributed by atoms with Crippen molar-refractivity contribution in [3.8, 4) is 11.3 Å². The molecule has 3 aromatic heterocycles. The minimum absolute atomic E-state index is 0.138. The van der Waals surface area contributed by atoms with Crippen molar-refractivity contribution in [3.63, 3.8) is 0 Å². The molecular formula is C14H15N7. The Morgan fingerprint density at radius 3 is 2.71 bits per heavy atom. The molecule has 0 spiro atoms. The summed E-state index contributed by atoms with van der Waals surface area (Å²) in [6, 6.07) is 5.72. The molecule has 3 heterocycles. The van der Waals surface area contributed by atoms with Gasteiger partial charge in [-0.15, -0.1) is 5.10 Å². The molecule has 0 radical (unpaired) electrons. The van der Waals surface area contributed by atoms with Gasteiger partial charge in [0.2, 0.25) is 5.95 Å². The molecule has 3 aromatic rings. The highest BCUT2D eigenvalue weighted by Crippen LogP contribution is 2.29. The van der Waals surface area contributed by atoms with Crippen molar-refractivity contribution in [3.05, 3.63) is 30.1 Å². The average Bonchev–Trinajstić information content (AvgIpc) is 2.85. The molecule has 0 saturated heterocycles. The summed E-state index contributed by atoms with van der Waals surface area (Å²) in [4.78, 5) is 12.8. The molecule has 0 atom stereocenters. The van der Waals surface area contributed by atoms with Gasteiger partial charge in [0.15, 0.2) is 5.82 Å². The number of aryl methyl sites for hydroxylation is 1. The fourth-order valence-electron chi connectivity index (χ4n) is 2.26. The molecule has 0 unspecified atom stereocenters. The summed E-state index contributed by atoms with van der Waals surface area (Å²) >= 11 is 0. The Hall–Kier alpha value is -2.96. The Bertz CT molecular complexity index is 848. The van der Waals surface area contributed by atoms with Gasteiger partial charge < -0.3 is 11.5 Å². The van der Waals surface area contributed by atoms with E-state index in [1.54, 1.807) is 16.9 Å². The smallest absolute Gasteiger partial charge is 0.240 e. The van der Waals surface area contributed by atoms with E-state index in [9.17, 15) is 0 Å². The fraction of sp³-hybridized carbons (Fsp3) is 0.143. The molecule has 0 aromatic carbocycles. The molecule has 0 fully saturated rings. The van der Waals surface area contributed by atoms with Gasteiger partial charge in [-0.1, -0.05) is 0 Å². The molecule has 106 valence electrons. The monoisotopic (exact) mass is 281 g/mol. The maximum atomic E-state index is 5.95. The van der Waals surface area contributed by atoms with Crippen LogP contribution in [0.2, 0.25) is 0 Å². The molecule has 7 nitrogen and oxygen atoms in total. The zero-order valence-electron chi connectivity index (χ0n) is 11.8. The van der Waals surface area contributed by atoms with Crippen molar-refractivity contribution in [1.82, 2.24) is 19.6 Å². The SMILES string of the molecule is CC=Nc1ccc(-c2ccn3nc(N)nc(N)c23)nc1C. The lowest BCUT2D eigenvalue weighted by Gasteiger charge is -2.05. The number of nitrogens with two attached hydrogens (primary N) is 2. The highest BCUT2D eigenvalue weighted by molar-refractivity contribution is 5.86. The number of nitrogens with zero attached hydrogens (tertiary/aromatic N) is 5. The van der Waals surface area contributed by atoms with Crippen LogP contribution in [0.5, 0.6) is 0 Å². The van der Waals surface area contributed by atoms with Crippen molar-refractivity contribution in [2.75, 3.05) is 11.5 Å². The second-order valence-corrected chi connectivity index (χ2v) is 4.57. The predicted molar refractivity (Wildman–Crippen MR) is 83.6 cm³/mol. The third-order valence-corrected chi connectivity index (χ3v) is 3.16. The van der Waals surface area contributed by atoms with E-state index < -0.39 is 0 Å². The first kappa shape index (κ1) is 13.0. The van der Waals surface area contributed by atoms with Gasteiger partial charge in [-0.25, -0.2) is 4.52 Å². The molecule has 0 aliphatic heterocycles. The Kier molecular flexibility index (Phi) is 3.02. The summed E-state index contributed by atoms with van der Waals surface area (Å²) in [5.74, 6) is 0.469. The number of hydrogen-bond donors (Lipinski definition) is 2. The van der Waals surface area contributed by atoms with Crippen LogP contribution in [0.25, 0.3) is 16.8 Å². The lowest BCUT2D eigenvalue weighted by molar-refractivity contribution is 0.922. The minimum atomic E-state index is 0.138. The summed E-state index contributed by atoms with van der Waals surface area (Å²) in [5.41, 5.74) is 15.6. The molecule has 0 aliphatic carbocycles. The van der Waals surface area contributed by atoms with Crippen LogP contribution in [0.3, 0.4) is 0 Å². The van der Waals surface area contributed by atoms with Crippen LogP contribution in [0.15, 0.2) is 29.4 Å². The highest BCUT2D eigenvalue weighted by Gasteiger charge is 2.13. The molecule has 0 bridgehead atoms. The molecule has 3 rings (SSSR count). The van der Waals surface area contributed by atoms with E-state index >= 15 is 0 Å². The number of nitrogen functional groups attached to an aromatic ring is 2. The van der Waals surface area contributed by atoms with Gasteiger partial charge in [-0.05, 0) is 32.0 Å². The van der Waals surface area contributed by atoms with Gasteiger partial charge >= 0.3 is 0 Å². The third-order valence-electron chi connectivity index (χ3n) is 3.16. The van der Waals surface area contributed by atoms with Crippen LogP contribution in [0, 0.1) is 6.92 Å². The van der Waals surface area contributed by atoms with E-state index in [0.717, 1.165) is 22.6 Å². The maximum absolute atomic E-state index is 5.95. The van der Waals surface area contributed by atoms with Crippen LogP contribution in [-0.4, -0.2) is 25.8 Å². The molecular weight excluding hydrogens is 266 g/mol. The van der Waals surface area contributed by atoms with Crippen molar-refractivity contribution in [2.45, 2.75) is 13.8 Å². The van der Waals surface area contributed by atoms with Crippen molar-refractivity contribution >= 4 is 29.2 Å². The van der Waals surface area contributed by atoms with E-state index in [4.69, 9.17) is 11.5 Å². The van der Waals surface area contributed by atoms with Crippen molar-refractivity contribution in [1.29, 1.82) is 0 Å². The van der Waals surface area contributed by atoms with Crippen LogP contribution in [0.1, 0.15) is 12.6 Å². The van der Waals surface area contributed by atoms with E-state index in [1.165, 1.54) is 0 Å². The molecule has 21 heavy (non-hydrogen) atoms. The lowest BCUT2D eigenvalue weighted by Crippen LogP contribution is -2.05. The average molecular weight is 281 g/mol. The number of pyridine rings is 1. The van der Waals surface area contributed by atoms with Gasteiger partial charge in [0.05, 0.1) is 17.1 Å². The summed E-state index contributed by atoms with van der Waals surface area (Å²) in [6.07, 6.45) is 3.53. The van der Waals surface area contributed by atoms with E-state index in [0.29, 0.717) is 11.3 Å². The summed E-state index contributed by atoms with van der Waals surface area (Å²) in [5, 5.41) is 4.10. The zero-order valence-corrected chi connectivity index (χ0v) is 11.8. The number of aliphatic imine (C=N–C) groups is 1. The second-order valence-electron chi connectivity index (χ2n) is 4.57. The van der Waals surface area contributed by atoms with E-state index in [-0.39, 0.29) is 5.95 Å². The molecule has 0 amide bonds. The van der Waals surface area contributed by atoms with Crippen molar-refractivity contribution < 1.29 is 0 Å². The molecule has 0 saturated carbocycles. The Labute approximate surface area is 121 Å². The molecule has 7 heteroatoms. The van der Waals surface area contributed by atoms with Crippen LogP contribution in [0.4, 0.5) is 17.5 Å². The Morgan fingerprint density at radius 2 is 2.00 bits per heavy atom. The van der Waals surface area contributed by atoms with Gasteiger partial charge in [-0.2, -0.15) is 4.98 Å². The number of aromatic nitrogens is 4. The Morgan fingerprint density at radius 1 is 1.19 bits per heavy atom. The van der Waals surface area contributed by atoms with E-state index in [1.807, 2.05) is 32.0 Å². The van der Waals surface area contributed by atoms with Crippen LogP contribution < -0.4 is 11.5 Å². The second kappa shape index (κ2) is 4.86. The topological polar surface area (TPSA) is 107 Å². The first-order valence-electron chi connectivity index (χ1n) is 6.47. The summed E-state index contributed by atoms with van der Waals surface area (Å²) < 4.78 is 1.61. The number of rotatable bonds is 2. The number of hydrogen-bond acceptors (Lipinski definition) is 6. The normalized spacial score (nSPS) is 11.5. The summed E-state index contributed by atoms with van der Waals surface area (Å²) in [6.45, 7) is 3.79. The first-order valence-corrected chi connectivity index (χ1v) is 6.47. The summed E-state index contributed by atoms with van der Waals surface area (Å²) in [7, 11) is 0. The maximum Gasteiger partial charge on any atom is 0.240 e. The minimum Gasteiger partial charge on any atom is -0.382 e. The Balaban J connectivity index is 2.19. The number of fused-ring (bicyclic) bond motifs is 1. The standard InChI is InChI=1S/C14H15N7/c1-3-17-10-4-5-11(18-8(10)2)9-6-7-21-12(9)13(15)19-14(16)20-21/h3-7H,1-2H3,(H4,15,16,19,20). The van der Waals surface area contributed by atoms with Gasteiger partial charge in [0.1, 0.15) is 5.52 Å². The number of anilines is 2. The molecule has 0 aliphatic rings. The fourth-order valence-corrected chi connectivity index (χ4v) is 2.26. The van der Waals surface area contributed by atoms with Gasteiger partial charge in [0, 0.05) is 18.0 Å². The quantitative estimate of drug-likeness (QED) is 0.698. The highest BCUT2D eigenvalue weighted by atomic mass is 15.3. The predicted octanol–water partition coefficient (Wildman–Crippen LogP) is 1.99. The first-order chi connectivity index (χ1) is 10.1. The van der Waals surface area contributed by atoms with Crippen LogP contribution in [-0.2, 0) is 0 Å². The van der Waals surface area contributed by atoms with Gasteiger partial charge in [-0.3, -0.25) is 9.98 Å². The van der Waals surface area contributed by atoms with E-state index in [2.05, 4.69) is 20.1 Å². The van der Waals surface area contributed by atoms with Gasteiger partial charge in [0.25, 0.3) is 0 Å². The molecule has 4 N–H and O–H groups in total. The third kappa shape index (κ3) is 2.18. The zero-order chi connectivity index (χ0) is 15.0.